The molecule has 0 radical (unpaired) electrons. The molecule has 0 unspecified atom stereocenters. The Bertz CT molecular complexity index is 6200. The van der Waals surface area contributed by atoms with Gasteiger partial charge in [0.05, 0.1) is 5.69 Å². The van der Waals surface area contributed by atoms with E-state index in [9.17, 15) is 0 Å². The Morgan fingerprint density at radius 2 is 0.775 bits per heavy atom. The second-order valence-electron chi connectivity index (χ2n) is 34.8. The summed E-state index contributed by atoms with van der Waals surface area (Å²) in [6, 6.07) is 119. The van der Waals surface area contributed by atoms with Gasteiger partial charge in [-0.2, -0.15) is 0 Å². The molecule has 1 spiro atoms. The molecule has 1 aromatic heterocycles. The molecule has 24 rings (SSSR count). The fourth-order valence-corrected chi connectivity index (χ4v) is 24.1. The highest BCUT2D eigenvalue weighted by Gasteiger charge is 2.62. The van der Waals surface area contributed by atoms with E-state index in [1.165, 1.54) is 176 Å². The first-order chi connectivity index (χ1) is 54.6. The van der Waals surface area contributed by atoms with Crippen molar-refractivity contribution in [2.75, 3.05) is 9.80 Å². The van der Waals surface area contributed by atoms with Gasteiger partial charge in [0.2, 0.25) is 0 Å². The van der Waals surface area contributed by atoms with Crippen molar-refractivity contribution < 1.29 is 9.15 Å². The van der Waals surface area contributed by atoms with Crippen LogP contribution in [0.2, 0.25) is 0 Å². The minimum absolute atomic E-state index is 0.0308. The van der Waals surface area contributed by atoms with Crippen LogP contribution in [0.15, 0.2) is 320 Å². The van der Waals surface area contributed by atoms with Crippen molar-refractivity contribution in [1.82, 2.24) is 0 Å². The van der Waals surface area contributed by atoms with Crippen LogP contribution in [0.5, 0.6) is 11.5 Å². The molecule has 6 fully saturated rings. The van der Waals surface area contributed by atoms with Crippen LogP contribution in [0.1, 0.15) is 118 Å². The SMILES string of the molecule is CC1(C)c2cc(N(c3ccc(-c4ccccc4-c4cccc5oc6ccccc6c45)cc3)c3cccc4c3-c3ccccc3C43[C@H]4CC5C[C@@H](C4)C[C@@H]3C5)ccc2-c2cccc(-c3ccc(-c4ccc(N(c5ccc(-c6ccccc6)cc5)c5ccc6c(c5)[C@](C)([C@H]5C[C@@H]7CC[C@@H](C7)C5)c5ccccc5O6)cc4)cc3)c21. The first kappa shape index (κ1) is 65.2. The molecule has 111 heavy (non-hydrogen) atoms. The quantitative estimate of drug-likeness (QED) is 0.122. The number of benzene rings is 14. The number of furan rings is 1. The molecule has 4 atom stereocenters. The summed E-state index contributed by atoms with van der Waals surface area (Å²) in [6.45, 7) is 7.47. The molecule has 0 amide bonds. The molecular formula is C107H88N2O2. The molecule has 15 aromatic rings. The van der Waals surface area contributed by atoms with E-state index < -0.39 is 0 Å². The summed E-state index contributed by atoms with van der Waals surface area (Å²) < 4.78 is 13.4. The van der Waals surface area contributed by atoms with Crippen LogP contribution in [-0.4, -0.2) is 0 Å². The average Bonchev–Trinajstić information content (AvgIpc) is 1.54. The van der Waals surface area contributed by atoms with Gasteiger partial charge >= 0.3 is 0 Å². The van der Waals surface area contributed by atoms with Crippen molar-refractivity contribution in [3.63, 3.8) is 0 Å². The lowest BCUT2D eigenvalue weighted by atomic mass is 9.43. The van der Waals surface area contributed by atoms with E-state index in [0.29, 0.717) is 17.8 Å². The van der Waals surface area contributed by atoms with E-state index in [0.717, 1.165) is 79.9 Å². The number of para-hydroxylation sites is 2. The minimum atomic E-state index is -0.332. The molecule has 4 heteroatoms. The molecule has 1 aliphatic heterocycles. The third kappa shape index (κ3) is 9.90. The summed E-state index contributed by atoms with van der Waals surface area (Å²) in [5.41, 5.74) is 34.2. The van der Waals surface area contributed by atoms with Crippen LogP contribution >= 0.6 is 0 Å². The van der Waals surface area contributed by atoms with E-state index in [4.69, 9.17) is 9.15 Å². The number of nitrogens with zero attached hydrogens (tertiary/aromatic N) is 2. The van der Waals surface area contributed by atoms with E-state index in [2.05, 4.69) is 346 Å². The first-order valence-corrected chi connectivity index (χ1v) is 41.1. The summed E-state index contributed by atoms with van der Waals surface area (Å²) in [5, 5.41) is 2.29. The number of fused-ring (bicyclic) bond motifs is 13. The summed E-state index contributed by atoms with van der Waals surface area (Å²) in [6.07, 6.45) is 13.5. The largest absolute Gasteiger partial charge is 0.457 e. The fraction of sp³-hybridized carbons (Fsp3) is 0.215. The van der Waals surface area contributed by atoms with Crippen LogP contribution < -0.4 is 14.5 Å². The molecular weight excluding hydrogens is 1350 g/mol. The summed E-state index contributed by atoms with van der Waals surface area (Å²) in [4.78, 5) is 5.08. The summed E-state index contributed by atoms with van der Waals surface area (Å²) >= 11 is 0. The zero-order valence-corrected chi connectivity index (χ0v) is 63.3. The van der Waals surface area contributed by atoms with E-state index >= 15 is 0 Å². The Labute approximate surface area is 651 Å². The Balaban J connectivity index is 0.595. The number of hydrogen-bond acceptors (Lipinski definition) is 4. The van der Waals surface area contributed by atoms with Gasteiger partial charge in [-0.05, 0) is 278 Å². The lowest BCUT2D eigenvalue weighted by Gasteiger charge is -2.61. The predicted octanol–water partition coefficient (Wildman–Crippen LogP) is 29.1. The minimum Gasteiger partial charge on any atom is -0.457 e. The molecule has 538 valence electrons. The van der Waals surface area contributed by atoms with E-state index in [-0.39, 0.29) is 16.2 Å². The highest BCUT2D eigenvalue weighted by Crippen LogP contribution is 2.71. The smallest absolute Gasteiger partial charge is 0.136 e. The standard InChI is InChI=1S/C107H88N2O2/c1-105(2)95-64-83(109(97-30-17-29-94-103(97)90-22-9-11-27-92(90)107(94)77-60-68-57-69(62-77)63-78(107)61-68)81-50-44-74(45-51-81)84-20-7-8-21-86(84)88-25-16-33-101-102(88)91-23-10-13-31-98(91)110-101)52-54-87(95)89-26-15-24-85(104(89)105)75-38-36-71(37-39-75)73-42-48-80(49-43-73)108(79-46-40-72(41-47-79)70-18-5-4-6-19-70)82-53-55-100-96(65-82)106(3,93-28-12-14-32-99(93)111-100)76-58-66-34-35-67(56-66)59-76/h4-33,36-55,64-69,76-78H,34-35,56-63H2,1-3H3/t66-,67+,68-,69?,76+,77-,78-,106-,107?/m1/s1. The number of hydrogen-bond donors (Lipinski definition) is 0. The van der Waals surface area contributed by atoms with Gasteiger partial charge in [-0.25, -0.2) is 0 Å². The first-order valence-electron chi connectivity index (χ1n) is 41.1. The van der Waals surface area contributed by atoms with Gasteiger partial charge in [-0.15, -0.1) is 0 Å². The van der Waals surface area contributed by atoms with Gasteiger partial charge in [0.25, 0.3) is 0 Å². The maximum atomic E-state index is 6.89. The van der Waals surface area contributed by atoms with Crippen molar-refractivity contribution in [2.24, 2.45) is 41.4 Å². The zero-order chi connectivity index (χ0) is 73.4. The van der Waals surface area contributed by atoms with Crippen LogP contribution in [0, 0.1) is 41.4 Å². The third-order valence-corrected chi connectivity index (χ3v) is 28.8. The normalized spacial score (nSPS) is 22.9. The molecule has 9 aliphatic rings. The molecule has 6 bridgehead atoms. The van der Waals surface area contributed by atoms with Crippen LogP contribution in [-0.2, 0) is 16.2 Å². The molecule has 2 heterocycles. The monoisotopic (exact) mass is 1430 g/mol. The molecule has 4 nitrogen and oxygen atoms in total. The summed E-state index contributed by atoms with van der Waals surface area (Å²) in [5.74, 6) is 7.19. The van der Waals surface area contributed by atoms with Crippen molar-refractivity contribution in [3.8, 4) is 89.4 Å². The highest BCUT2D eigenvalue weighted by atomic mass is 16.5. The molecule has 6 saturated carbocycles. The Morgan fingerprint density at radius 1 is 0.297 bits per heavy atom. The Kier molecular flexibility index (Phi) is 14.6. The van der Waals surface area contributed by atoms with E-state index in [1.54, 1.807) is 11.1 Å². The maximum Gasteiger partial charge on any atom is 0.136 e. The van der Waals surface area contributed by atoms with Crippen molar-refractivity contribution in [1.29, 1.82) is 0 Å². The number of ether oxygens (including phenoxy) is 1. The van der Waals surface area contributed by atoms with Crippen LogP contribution in [0.25, 0.3) is 99.8 Å². The topological polar surface area (TPSA) is 28.9 Å². The average molecular weight is 1430 g/mol. The van der Waals surface area contributed by atoms with Gasteiger partial charge in [0.15, 0.2) is 0 Å². The summed E-state index contributed by atoms with van der Waals surface area (Å²) in [7, 11) is 0. The third-order valence-electron chi connectivity index (χ3n) is 28.8. The van der Waals surface area contributed by atoms with Gasteiger partial charge in [0.1, 0.15) is 22.7 Å². The number of anilines is 6. The predicted molar refractivity (Wildman–Crippen MR) is 458 cm³/mol. The fourth-order valence-electron chi connectivity index (χ4n) is 24.1. The van der Waals surface area contributed by atoms with Crippen LogP contribution in [0.3, 0.4) is 0 Å². The second-order valence-corrected chi connectivity index (χ2v) is 34.8. The second kappa shape index (κ2) is 24.9. The molecule has 0 N–H and O–H groups in total. The van der Waals surface area contributed by atoms with Crippen molar-refractivity contribution >= 4 is 56.1 Å². The zero-order valence-electron chi connectivity index (χ0n) is 63.3. The van der Waals surface area contributed by atoms with Gasteiger partial charge < -0.3 is 19.0 Å². The van der Waals surface area contributed by atoms with Crippen molar-refractivity contribution in [2.45, 2.75) is 101 Å². The molecule has 0 saturated heterocycles. The Morgan fingerprint density at radius 3 is 1.50 bits per heavy atom. The molecule has 8 aliphatic carbocycles. The van der Waals surface area contributed by atoms with Crippen molar-refractivity contribution in [3.05, 3.63) is 349 Å². The highest BCUT2D eigenvalue weighted by molar-refractivity contribution is 6.14. The lowest BCUT2D eigenvalue weighted by molar-refractivity contribution is -0.0399. The van der Waals surface area contributed by atoms with Gasteiger partial charge in [-0.1, -0.05) is 258 Å². The number of rotatable bonds is 12. The Hall–Kier alpha value is -11.7. The van der Waals surface area contributed by atoms with Gasteiger partial charge in [0, 0.05) is 72.1 Å². The lowest BCUT2D eigenvalue weighted by Crippen LogP contribution is -2.55. The maximum absolute atomic E-state index is 6.89. The van der Waals surface area contributed by atoms with Gasteiger partial charge in [-0.3, -0.25) is 0 Å². The van der Waals surface area contributed by atoms with E-state index in [1.807, 2.05) is 0 Å². The van der Waals surface area contributed by atoms with Crippen LogP contribution in [0.4, 0.5) is 34.1 Å². The molecule has 14 aromatic carbocycles.